The van der Waals surface area contributed by atoms with Gasteiger partial charge in [-0.2, -0.15) is 0 Å². The predicted molar refractivity (Wildman–Crippen MR) is 69.7 cm³/mol. The second-order valence-corrected chi connectivity index (χ2v) is 3.96. The Morgan fingerprint density at radius 2 is 2.00 bits per heavy atom. The van der Waals surface area contributed by atoms with E-state index in [1.165, 1.54) is 47.6 Å². The molecule has 98 valence electrons. The molecule has 4 nitrogen and oxygen atoms in total. The molecule has 2 rings (SSSR count). The Balaban J connectivity index is 2.31. The molecule has 1 aromatic heterocycles. The molecular weight excluding hydrogens is 247 g/mol. The molecule has 19 heavy (non-hydrogen) atoms. The van der Waals surface area contributed by atoms with E-state index in [1.54, 1.807) is 0 Å². The van der Waals surface area contributed by atoms with Crippen LogP contribution < -0.4 is 4.90 Å². The number of hydrogen-bond donors (Lipinski definition) is 1. The first-order valence-corrected chi connectivity index (χ1v) is 5.83. The first-order valence-electron chi connectivity index (χ1n) is 5.83. The van der Waals surface area contributed by atoms with Gasteiger partial charge in [0.1, 0.15) is 11.6 Å². The fourth-order valence-corrected chi connectivity index (χ4v) is 1.77. The largest absolute Gasteiger partial charge is 0.506 e. The number of carbonyl (C=O) groups excluding carboxylic acids is 1. The zero-order valence-corrected chi connectivity index (χ0v) is 10.4. The van der Waals surface area contributed by atoms with Crippen molar-refractivity contribution in [1.29, 1.82) is 0 Å². The van der Waals surface area contributed by atoms with Crippen LogP contribution in [0.25, 0.3) is 0 Å². The smallest absolute Gasteiger partial charge is 0.259 e. The van der Waals surface area contributed by atoms with Gasteiger partial charge in [-0.3, -0.25) is 9.78 Å². The van der Waals surface area contributed by atoms with Gasteiger partial charge >= 0.3 is 0 Å². The lowest BCUT2D eigenvalue weighted by Gasteiger charge is -2.21. The van der Waals surface area contributed by atoms with Crippen LogP contribution in [0.1, 0.15) is 17.3 Å². The Labute approximate surface area is 110 Å². The van der Waals surface area contributed by atoms with Crippen LogP contribution in [0.4, 0.5) is 10.1 Å². The number of anilines is 1. The molecular formula is C14H13FN2O2. The van der Waals surface area contributed by atoms with Gasteiger partial charge < -0.3 is 10.0 Å². The summed E-state index contributed by atoms with van der Waals surface area (Å²) in [4.78, 5) is 17.5. The molecule has 0 aliphatic rings. The van der Waals surface area contributed by atoms with E-state index in [-0.39, 0.29) is 23.0 Å². The lowest BCUT2D eigenvalue weighted by atomic mass is 10.2. The summed E-state index contributed by atoms with van der Waals surface area (Å²) in [6.07, 6.45) is 2.64. The van der Waals surface area contributed by atoms with Gasteiger partial charge in [0.2, 0.25) is 0 Å². The van der Waals surface area contributed by atoms with Gasteiger partial charge in [-0.05, 0) is 37.3 Å². The molecule has 0 radical (unpaired) electrons. The van der Waals surface area contributed by atoms with E-state index < -0.39 is 0 Å². The molecule has 1 aromatic carbocycles. The number of halogens is 1. The molecule has 0 spiro atoms. The van der Waals surface area contributed by atoms with E-state index in [9.17, 15) is 14.3 Å². The average molecular weight is 260 g/mol. The van der Waals surface area contributed by atoms with Gasteiger partial charge in [0.15, 0.2) is 0 Å². The first kappa shape index (κ1) is 13.0. The maximum Gasteiger partial charge on any atom is 0.259 e. The number of carbonyl (C=O) groups is 1. The summed E-state index contributed by atoms with van der Waals surface area (Å²) in [5, 5.41) is 9.34. The lowest BCUT2D eigenvalue weighted by molar-refractivity contribution is 0.0987. The summed E-state index contributed by atoms with van der Waals surface area (Å²) >= 11 is 0. The molecule has 0 atom stereocenters. The number of benzene rings is 1. The van der Waals surface area contributed by atoms with Crippen LogP contribution in [0.3, 0.4) is 0 Å². The van der Waals surface area contributed by atoms with Crippen molar-refractivity contribution in [3.63, 3.8) is 0 Å². The predicted octanol–water partition coefficient (Wildman–Crippen LogP) is 2.59. The number of pyridine rings is 1. The van der Waals surface area contributed by atoms with Crippen molar-refractivity contribution in [1.82, 2.24) is 4.98 Å². The van der Waals surface area contributed by atoms with Crippen molar-refractivity contribution < 1.29 is 14.3 Å². The Morgan fingerprint density at radius 3 is 2.58 bits per heavy atom. The molecule has 1 amide bonds. The molecule has 5 heteroatoms. The van der Waals surface area contributed by atoms with Crippen molar-refractivity contribution in [2.45, 2.75) is 6.92 Å². The first-order chi connectivity index (χ1) is 9.11. The highest BCUT2D eigenvalue weighted by Gasteiger charge is 2.16. The molecule has 1 heterocycles. The van der Waals surface area contributed by atoms with Crippen molar-refractivity contribution in [2.75, 3.05) is 11.4 Å². The second kappa shape index (κ2) is 5.48. The highest BCUT2D eigenvalue weighted by molar-refractivity contribution is 6.06. The highest BCUT2D eigenvalue weighted by Crippen LogP contribution is 2.18. The summed E-state index contributed by atoms with van der Waals surface area (Å²) in [7, 11) is 0. The zero-order chi connectivity index (χ0) is 13.8. The molecule has 0 saturated heterocycles. The molecule has 0 aliphatic heterocycles. The average Bonchev–Trinajstić information content (AvgIpc) is 2.41. The number of rotatable bonds is 3. The zero-order valence-electron chi connectivity index (χ0n) is 10.4. The number of aromatic hydroxyl groups is 1. The third-order valence-electron chi connectivity index (χ3n) is 2.67. The lowest BCUT2D eigenvalue weighted by Crippen LogP contribution is -2.30. The molecule has 1 N–H and O–H groups in total. The normalized spacial score (nSPS) is 10.2. The number of nitrogens with zero attached hydrogens (tertiary/aromatic N) is 2. The van der Waals surface area contributed by atoms with Gasteiger partial charge in [0, 0.05) is 18.4 Å². The topological polar surface area (TPSA) is 53.4 Å². The van der Waals surface area contributed by atoms with Gasteiger partial charge in [0.05, 0.1) is 11.8 Å². The van der Waals surface area contributed by atoms with Gasteiger partial charge in [-0.1, -0.05) is 0 Å². The summed E-state index contributed by atoms with van der Waals surface area (Å²) in [6, 6.07) is 7.01. The minimum Gasteiger partial charge on any atom is -0.506 e. The van der Waals surface area contributed by atoms with E-state index in [0.717, 1.165) is 0 Å². The van der Waals surface area contributed by atoms with Crippen LogP contribution in [0, 0.1) is 5.82 Å². The number of hydrogen-bond acceptors (Lipinski definition) is 3. The SMILES string of the molecule is CCN(C(=O)c1cncc(O)c1)c1ccc(F)cc1. The summed E-state index contributed by atoms with van der Waals surface area (Å²) in [6.45, 7) is 2.25. The number of amides is 1. The Bertz CT molecular complexity index is 584. The summed E-state index contributed by atoms with van der Waals surface area (Å²) in [5.74, 6) is -0.718. The Hall–Kier alpha value is -2.43. The minimum absolute atomic E-state index is 0.0685. The molecule has 0 unspecified atom stereocenters. The molecule has 0 aliphatic carbocycles. The number of aromatic nitrogens is 1. The Kier molecular flexibility index (Phi) is 3.75. The maximum absolute atomic E-state index is 12.9. The highest BCUT2D eigenvalue weighted by atomic mass is 19.1. The minimum atomic E-state index is -0.355. The summed E-state index contributed by atoms with van der Waals surface area (Å²) < 4.78 is 12.9. The van der Waals surface area contributed by atoms with Gasteiger partial charge in [0.25, 0.3) is 5.91 Å². The van der Waals surface area contributed by atoms with Crippen molar-refractivity contribution >= 4 is 11.6 Å². The molecule has 0 bridgehead atoms. The fraction of sp³-hybridized carbons (Fsp3) is 0.143. The monoisotopic (exact) mass is 260 g/mol. The van der Waals surface area contributed by atoms with Gasteiger partial charge in [-0.15, -0.1) is 0 Å². The fourth-order valence-electron chi connectivity index (χ4n) is 1.77. The van der Waals surface area contributed by atoms with Gasteiger partial charge in [-0.25, -0.2) is 4.39 Å². The third-order valence-corrected chi connectivity index (χ3v) is 2.67. The Morgan fingerprint density at radius 1 is 1.32 bits per heavy atom. The molecule has 0 fully saturated rings. The van der Waals surface area contributed by atoms with Crippen molar-refractivity contribution in [3.05, 3.63) is 54.1 Å². The molecule has 0 saturated carbocycles. The second-order valence-electron chi connectivity index (χ2n) is 3.96. The van der Waals surface area contributed by atoms with Crippen molar-refractivity contribution in [2.24, 2.45) is 0 Å². The van der Waals surface area contributed by atoms with Crippen LogP contribution >= 0.6 is 0 Å². The maximum atomic E-state index is 12.9. The van der Waals surface area contributed by atoms with E-state index in [4.69, 9.17) is 0 Å². The molecule has 2 aromatic rings. The van der Waals surface area contributed by atoms with Crippen LogP contribution in [-0.4, -0.2) is 22.5 Å². The van der Waals surface area contributed by atoms with E-state index in [0.29, 0.717) is 12.2 Å². The van der Waals surface area contributed by atoms with Crippen LogP contribution in [-0.2, 0) is 0 Å². The third kappa shape index (κ3) is 2.88. The quantitative estimate of drug-likeness (QED) is 0.922. The van der Waals surface area contributed by atoms with E-state index in [1.807, 2.05) is 6.92 Å². The van der Waals surface area contributed by atoms with Crippen molar-refractivity contribution in [3.8, 4) is 5.75 Å². The van der Waals surface area contributed by atoms with Crippen LogP contribution in [0.2, 0.25) is 0 Å². The van der Waals surface area contributed by atoms with E-state index in [2.05, 4.69) is 4.98 Å². The van der Waals surface area contributed by atoms with Crippen LogP contribution in [0.5, 0.6) is 5.75 Å². The summed E-state index contributed by atoms with van der Waals surface area (Å²) in [5.41, 5.74) is 0.878. The standard InChI is InChI=1S/C14H13FN2O2/c1-2-17(12-5-3-11(15)4-6-12)14(19)10-7-13(18)9-16-8-10/h3-9,18H,2H2,1H3. The van der Waals surface area contributed by atoms with E-state index >= 15 is 0 Å². The van der Waals surface area contributed by atoms with Crippen LogP contribution in [0.15, 0.2) is 42.7 Å².